The average molecular weight is 539 g/mol. The maximum absolute atomic E-state index is 13.9. The molecule has 1 aliphatic heterocycles. The highest BCUT2D eigenvalue weighted by Gasteiger charge is 2.41. The molecule has 192 valence electrons. The predicted octanol–water partition coefficient (Wildman–Crippen LogP) is 5.11. The van der Waals surface area contributed by atoms with E-state index in [1.165, 1.54) is 16.4 Å². The highest BCUT2D eigenvalue weighted by atomic mass is 32.2. The van der Waals surface area contributed by atoms with Gasteiger partial charge < -0.3 is 14.6 Å². The quantitative estimate of drug-likeness (QED) is 0.315. The molecule has 3 aromatic carbocycles. The number of aromatic nitrogens is 1. The van der Waals surface area contributed by atoms with Crippen molar-refractivity contribution in [1.29, 1.82) is 0 Å². The number of carboxylic acids is 1. The van der Waals surface area contributed by atoms with E-state index in [9.17, 15) is 13.2 Å². The Morgan fingerprint density at radius 3 is 2.38 bits per heavy atom. The first kappa shape index (κ1) is 25.2. The predicted molar refractivity (Wildman–Crippen MR) is 142 cm³/mol. The van der Waals surface area contributed by atoms with Crippen LogP contribution in [-0.4, -0.2) is 44.2 Å². The van der Waals surface area contributed by atoms with Crippen molar-refractivity contribution in [3.63, 3.8) is 0 Å². The molecule has 0 spiro atoms. The minimum atomic E-state index is -3.99. The van der Waals surface area contributed by atoms with Crippen LogP contribution in [0.1, 0.15) is 28.5 Å². The molecular formula is C27H26N2O6S2. The molecule has 2 heterocycles. The molecule has 0 unspecified atom stereocenters. The fourth-order valence-electron chi connectivity index (χ4n) is 4.16. The lowest BCUT2D eigenvalue weighted by atomic mass is 9.88. The molecule has 10 heteroatoms. The molecule has 0 bridgehead atoms. The Labute approximate surface area is 219 Å². The second kappa shape index (κ2) is 9.77. The minimum Gasteiger partial charge on any atom is -0.487 e. The van der Waals surface area contributed by atoms with Crippen LogP contribution in [0.4, 0.5) is 5.69 Å². The maximum atomic E-state index is 13.9. The Kier molecular flexibility index (Phi) is 6.65. The molecule has 8 nitrogen and oxygen atoms in total. The third kappa shape index (κ3) is 5.18. The summed E-state index contributed by atoms with van der Waals surface area (Å²) < 4.78 is 41.0. The molecule has 0 amide bonds. The standard InChI is InChI=1S/C27H26N2O6S2/c1-18-14-36-26(28-18)37(32,33)29(15-27(2)16-34-17-27)23-11-21-5-3-4-6-22(21)12-24(23)35-13-19-7-9-20(10-8-19)25(30)31/h3-12,14H,13,15-17H2,1-2H3,(H,30,31). The molecule has 5 rings (SSSR count). The lowest BCUT2D eigenvalue weighted by molar-refractivity contribution is -0.0941. The zero-order valence-electron chi connectivity index (χ0n) is 20.4. The van der Waals surface area contributed by atoms with Gasteiger partial charge in [-0.2, -0.15) is 8.42 Å². The first-order chi connectivity index (χ1) is 17.6. The minimum absolute atomic E-state index is 0.0252. The van der Waals surface area contributed by atoms with Crippen LogP contribution in [0, 0.1) is 12.3 Å². The maximum Gasteiger partial charge on any atom is 0.335 e. The molecule has 0 atom stereocenters. The monoisotopic (exact) mass is 538 g/mol. The first-order valence-electron chi connectivity index (χ1n) is 11.7. The Morgan fingerprint density at radius 2 is 1.81 bits per heavy atom. The van der Waals surface area contributed by atoms with Crippen LogP contribution in [-0.2, 0) is 21.4 Å². The zero-order valence-corrected chi connectivity index (χ0v) is 22.0. The number of anilines is 1. The fourth-order valence-corrected chi connectivity index (χ4v) is 6.91. The van der Waals surface area contributed by atoms with Gasteiger partial charge in [-0.1, -0.05) is 43.3 Å². The van der Waals surface area contributed by atoms with Gasteiger partial charge in [0, 0.05) is 23.0 Å². The van der Waals surface area contributed by atoms with E-state index in [2.05, 4.69) is 4.98 Å². The number of thiazole rings is 1. The van der Waals surface area contributed by atoms with E-state index in [0.29, 0.717) is 30.3 Å². The summed E-state index contributed by atoms with van der Waals surface area (Å²) in [7, 11) is -3.99. The lowest BCUT2D eigenvalue weighted by Gasteiger charge is -2.41. The third-order valence-corrected chi connectivity index (χ3v) is 9.34. The molecule has 0 aliphatic carbocycles. The highest BCUT2D eigenvalue weighted by Crippen LogP contribution is 2.40. The second-order valence-electron chi connectivity index (χ2n) is 9.53. The van der Waals surface area contributed by atoms with Crippen molar-refractivity contribution >= 4 is 43.8 Å². The first-order valence-corrected chi connectivity index (χ1v) is 14.0. The van der Waals surface area contributed by atoms with Crippen molar-refractivity contribution < 1.29 is 27.8 Å². The number of ether oxygens (including phenoxy) is 2. The van der Waals surface area contributed by atoms with Gasteiger partial charge in [0.05, 0.1) is 24.5 Å². The summed E-state index contributed by atoms with van der Waals surface area (Å²) in [5.74, 6) is -0.599. The van der Waals surface area contributed by atoms with Crippen LogP contribution in [0.5, 0.6) is 5.75 Å². The van der Waals surface area contributed by atoms with Crippen LogP contribution in [0.25, 0.3) is 10.8 Å². The number of nitrogens with zero attached hydrogens (tertiary/aromatic N) is 2. The number of sulfonamides is 1. The number of benzene rings is 3. The van der Waals surface area contributed by atoms with E-state index in [-0.39, 0.29) is 28.5 Å². The Morgan fingerprint density at radius 1 is 1.14 bits per heavy atom. The van der Waals surface area contributed by atoms with Crippen molar-refractivity contribution in [1.82, 2.24) is 4.98 Å². The van der Waals surface area contributed by atoms with Gasteiger partial charge in [0.25, 0.3) is 10.0 Å². The molecule has 37 heavy (non-hydrogen) atoms. The second-order valence-corrected chi connectivity index (χ2v) is 12.4. The molecule has 1 N–H and O–H groups in total. The van der Waals surface area contributed by atoms with Crippen LogP contribution < -0.4 is 9.04 Å². The van der Waals surface area contributed by atoms with Gasteiger partial charge in [-0.3, -0.25) is 4.31 Å². The number of carbonyl (C=O) groups is 1. The highest BCUT2D eigenvalue weighted by molar-refractivity contribution is 7.94. The summed E-state index contributed by atoms with van der Waals surface area (Å²) in [4.78, 5) is 15.5. The smallest absolute Gasteiger partial charge is 0.335 e. The van der Waals surface area contributed by atoms with E-state index in [4.69, 9.17) is 14.6 Å². The van der Waals surface area contributed by atoms with Gasteiger partial charge in [-0.25, -0.2) is 9.78 Å². The van der Waals surface area contributed by atoms with Gasteiger partial charge in [-0.15, -0.1) is 11.3 Å². The lowest BCUT2D eigenvalue weighted by Crippen LogP contribution is -2.50. The number of aryl methyl sites for hydroxylation is 1. The van der Waals surface area contributed by atoms with Gasteiger partial charge in [0.1, 0.15) is 12.4 Å². The molecular weight excluding hydrogens is 512 g/mol. The van der Waals surface area contributed by atoms with Gasteiger partial charge in [0.15, 0.2) is 0 Å². The Hall–Kier alpha value is -3.47. The number of aromatic carboxylic acids is 1. The molecule has 1 aromatic heterocycles. The van der Waals surface area contributed by atoms with Gasteiger partial charge in [0.2, 0.25) is 4.34 Å². The number of rotatable bonds is 9. The zero-order chi connectivity index (χ0) is 26.2. The van der Waals surface area contributed by atoms with Crippen LogP contribution >= 0.6 is 11.3 Å². The SMILES string of the molecule is Cc1csc(S(=O)(=O)N(CC2(C)COC2)c2cc3ccccc3cc2OCc2ccc(C(=O)O)cc2)n1. The Balaban J connectivity index is 1.58. The molecule has 1 saturated heterocycles. The summed E-state index contributed by atoms with van der Waals surface area (Å²) in [5, 5.41) is 12.7. The third-order valence-electron chi connectivity index (χ3n) is 6.23. The van der Waals surface area contributed by atoms with E-state index in [1.54, 1.807) is 24.4 Å². The number of fused-ring (bicyclic) bond motifs is 1. The molecule has 1 fully saturated rings. The Bertz CT molecular complexity index is 1560. The number of hydrogen-bond donors (Lipinski definition) is 1. The summed E-state index contributed by atoms with van der Waals surface area (Å²) >= 11 is 1.09. The van der Waals surface area contributed by atoms with E-state index in [0.717, 1.165) is 27.7 Å². The van der Waals surface area contributed by atoms with Crippen molar-refractivity contribution in [2.24, 2.45) is 5.41 Å². The largest absolute Gasteiger partial charge is 0.487 e. The van der Waals surface area contributed by atoms with Crippen LogP contribution in [0.15, 0.2) is 70.4 Å². The van der Waals surface area contributed by atoms with Crippen LogP contribution in [0.2, 0.25) is 0 Å². The van der Waals surface area contributed by atoms with Crippen LogP contribution in [0.3, 0.4) is 0 Å². The average Bonchev–Trinajstić information content (AvgIpc) is 3.32. The van der Waals surface area contributed by atoms with E-state index < -0.39 is 16.0 Å². The van der Waals surface area contributed by atoms with Crippen molar-refractivity contribution in [3.05, 3.63) is 82.9 Å². The van der Waals surface area contributed by atoms with E-state index in [1.807, 2.05) is 43.3 Å². The normalized spacial score (nSPS) is 14.8. The number of hydrogen-bond acceptors (Lipinski definition) is 7. The van der Waals surface area contributed by atoms with Crippen molar-refractivity contribution in [2.45, 2.75) is 24.8 Å². The topological polar surface area (TPSA) is 106 Å². The number of carboxylic acid groups (broad SMARTS) is 1. The van der Waals surface area contributed by atoms with Gasteiger partial charge >= 0.3 is 5.97 Å². The fraction of sp³-hybridized carbons (Fsp3) is 0.259. The van der Waals surface area contributed by atoms with Crippen molar-refractivity contribution in [3.8, 4) is 5.75 Å². The molecule has 0 saturated carbocycles. The summed E-state index contributed by atoms with van der Waals surface area (Å²) in [6.07, 6.45) is 0. The molecule has 0 radical (unpaired) electrons. The summed E-state index contributed by atoms with van der Waals surface area (Å²) in [6, 6.07) is 17.8. The van der Waals surface area contributed by atoms with Gasteiger partial charge in [-0.05, 0) is 47.5 Å². The molecule has 1 aliphatic rings. The van der Waals surface area contributed by atoms with E-state index >= 15 is 0 Å². The summed E-state index contributed by atoms with van der Waals surface area (Å²) in [5.41, 5.74) is 1.65. The van der Waals surface area contributed by atoms with Crippen molar-refractivity contribution in [2.75, 3.05) is 24.1 Å². The molecule has 4 aromatic rings. The summed E-state index contributed by atoms with van der Waals surface area (Å²) in [6.45, 7) is 5.01.